The van der Waals surface area contributed by atoms with E-state index in [4.69, 9.17) is 10.5 Å². The highest BCUT2D eigenvalue weighted by Gasteiger charge is 2.08. The van der Waals surface area contributed by atoms with E-state index in [-0.39, 0.29) is 19.0 Å². The minimum absolute atomic E-state index is 0.0178. The Balaban J connectivity index is 1.89. The molecule has 0 aliphatic heterocycles. The first-order valence-electron chi connectivity index (χ1n) is 5.43. The summed E-state index contributed by atoms with van der Waals surface area (Å²) in [6.07, 6.45) is 1.59. The summed E-state index contributed by atoms with van der Waals surface area (Å²) in [7, 11) is 0. The summed E-state index contributed by atoms with van der Waals surface area (Å²) in [6.45, 7) is 0.0481. The minimum atomic E-state index is -0.445. The number of aromatic nitrogens is 2. The van der Waals surface area contributed by atoms with Crippen LogP contribution >= 0.6 is 15.9 Å². The van der Waals surface area contributed by atoms with Gasteiger partial charge in [0.25, 0.3) is 0 Å². The van der Waals surface area contributed by atoms with Crippen molar-refractivity contribution in [3.05, 3.63) is 46.3 Å². The molecule has 0 fully saturated rings. The fourth-order valence-corrected chi connectivity index (χ4v) is 1.91. The average molecular weight is 328 g/mol. The van der Waals surface area contributed by atoms with Crippen molar-refractivity contribution in [1.29, 1.82) is 0 Å². The molecule has 0 aliphatic rings. The van der Waals surface area contributed by atoms with E-state index in [2.05, 4.69) is 21.0 Å². The zero-order valence-electron chi connectivity index (χ0n) is 9.85. The number of nitrogens with two attached hydrogens (primary N) is 1. The lowest BCUT2D eigenvalue weighted by molar-refractivity contribution is -0.145. The van der Waals surface area contributed by atoms with Crippen LogP contribution in [0.25, 0.3) is 0 Å². The molecule has 2 rings (SSSR count). The van der Waals surface area contributed by atoms with Gasteiger partial charge in [-0.1, -0.05) is 22.0 Å². The van der Waals surface area contributed by atoms with Gasteiger partial charge in [0, 0.05) is 16.2 Å². The quantitative estimate of drug-likeness (QED) is 0.873. The predicted molar refractivity (Wildman–Crippen MR) is 70.5 cm³/mol. The molecule has 0 radical (unpaired) electrons. The van der Waals surface area contributed by atoms with Crippen molar-refractivity contribution >= 4 is 27.7 Å². The molecule has 0 saturated heterocycles. The van der Waals surface area contributed by atoms with E-state index >= 15 is 0 Å². The standard InChI is InChI=1S/C12H11BrFN3O2/c13-10-5-9(14)2-1-8(10)7-19-12(18)6-17-4-3-11(15)16-17/h1-5H,6-7H2,(H2,15,16). The molecule has 0 saturated carbocycles. The number of anilines is 1. The maximum absolute atomic E-state index is 12.9. The first-order chi connectivity index (χ1) is 9.04. The lowest BCUT2D eigenvalue weighted by Gasteiger charge is -2.07. The smallest absolute Gasteiger partial charge is 0.328 e. The number of hydrogen-bond acceptors (Lipinski definition) is 4. The van der Waals surface area contributed by atoms with Gasteiger partial charge < -0.3 is 10.5 Å². The fourth-order valence-electron chi connectivity index (χ4n) is 1.44. The van der Waals surface area contributed by atoms with Crippen molar-refractivity contribution in [2.45, 2.75) is 13.2 Å². The summed E-state index contributed by atoms with van der Waals surface area (Å²) in [6, 6.07) is 5.77. The first-order valence-corrected chi connectivity index (χ1v) is 6.22. The number of rotatable bonds is 4. The summed E-state index contributed by atoms with van der Waals surface area (Å²) in [5.41, 5.74) is 6.12. The van der Waals surface area contributed by atoms with E-state index in [1.807, 2.05) is 0 Å². The highest BCUT2D eigenvalue weighted by atomic mass is 79.9. The maximum atomic E-state index is 12.9. The molecule has 19 heavy (non-hydrogen) atoms. The maximum Gasteiger partial charge on any atom is 0.328 e. The van der Waals surface area contributed by atoms with Gasteiger partial charge >= 0.3 is 5.97 Å². The van der Waals surface area contributed by atoms with Crippen LogP contribution in [0.1, 0.15) is 5.56 Å². The third kappa shape index (κ3) is 3.78. The van der Waals surface area contributed by atoms with Crippen LogP contribution in [0.3, 0.4) is 0 Å². The minimum Gasteiger partial charge on any atom is -0.459 e. The lowest BCUT2D eigenvalue weighted by atomic mass is 10.2. The molecule has 0 aliphatic carbocycles. The summed E-state index contributed by atoms with van der Waals surface area (Å²) < 4.78 is 19.9. The Hall–Kier alpha value is -1.89. The number of carbonyl (C=O) groups excluding carboxylic acids is 1. The predicted octanol–water partition coefficient (Wildman–Crippen LogP) is 2.11. The Kier molecular flexibility index (Phi) is 4.16. The average Bonchev–Trinajstić information content (AvgIpc) is 2.73. The number of nitrogens with zero attached hydrogens (tertiary/aromatic N) is 2. The fraction of sp³-hybridized carbons (Fsp3) is 0.167. The van der Waals surface area contributed by atoms with Gasteiger partial charge in [-0.3, -0.25) is 9.48 Å². The van der Waals surface area contributed by atoms with Crippen LogP contribution in [-0.4, -0.2) is 15.7 Å². The Bertz CT molecular complexity index is 600. The Morgan fingerprint density at radius 1 is 1.47 bits per heavy atom. The Morgan fingerprint density at radius 3 is 2.89 bits per heavy atom. The van der Waals surface area contributed by atoms with Gasteiger partial charge in [0.1, 0.15) is 24.8 Å². The zero-order chi connectivity index (χ0) is 13.8. The second-order valence-corrected chi connectivity index (χ2v) is 4.69. The van der Waals surface area contributed by atoms with Crippen molar-refractivity contribution < 1.29 is 13.9 Å². The van der Waals surface area contributed by atoms with Crippen LogP contribution in [-0.2, 0) is 22.7 Å². The van der Waals surface area contributed by atoms with Crippen LogP contribution in [0.15, 0.2) is 34.9 Å². The molecule has 1 aromatic carbocycles. The zero-order valence-corrected chi connectivity index (χ0v) is 11.4. The van der Waals surface area contributed by atoms with Crippen LogP contribution < -0.4 is 5.73 Å². The van der Waals surface area contributed by atoms with Crippen molar-refractivity contribution in [2.24, 2.45) is 0 Å². The van der Waals surface area contributed by atoms with Gasteiger partial charge in [-0.15, -0.1) is 0 Å². The molecule has 1 aromatic heterocycles. The third-order valence-corrected chi connectivity index (χ3v) is 3.09. The van der Waals surface area contributed by atoms with Crippen molar-refractivity contribution in [1.82, 2.24) is 9.78 Å². The van der Waals surface area contributed by atoms with Gasteiger partial charge in [-0.25, -0.2) is 4.39 Å². The van der Waals surface area contributed by atoms with Crippen molar-refractivity contribution in [3.8, 4) is 0 Å². The summed E-state index contributed by atoms with van der Waals surface area (Å²) in [5, 5.41) is 3.87. The van der Waals surface area contributed by atoms with E-state index in [0.717, 1.165) is 0 Å². The highest BCUT2D eigenvalue weighted by molar-refractivity contribution is 9.10. The van der Waals surface area contributed by atoms with Gasteiger partial charge in [-0.2, -0.15) is 5.10 Å². The van der Waals surface area contributed by atoms with Crippen molar-refractivity contribution in [2.75, 3.05) is 5.73 Å². The molecular formula is C12H11BrFN3O2. The molecule has 1 heterocycles. The number of halogens is 2. The number of ether oxygens (including phenoxy) is 1. The largest absolute Gasteiger partial charge is 0.459 e. The summed E-state index contributed by atoms with van der Waals surface area (Å²) >= 11 is 3.20. The number of benzene rings is 1. The number of esters is 1. The number of hydrogen-bond donors (Lipinski definition) is 1. The molecule has 0 atom stereocenters. The lowest BCUT2D eigenvalue weighted by Crippen LogP contribution is -2.14. The first kappa shape index (κ1) is 13.5. The van der Waals surface area contributed by atoms with Crippen LogP contribution in [0, 0.1) is 5.82 Å². The van der Waals surface area contributed by atoms with E-state index in [9.17, 15) is 9.18 Å². The van der Waals surface area contributed by atoms with E-state index in [0.29, 0.717) is 15.9 Å². The topological polar surface area (TPSA) is 70.1 Å². The summed E-state index contributed by atoms with van der Waals surface area (Å²) in [4.78, 5) is 11.6. The van der Waals surface area contributed by atoms with E-state index in [1.54, 1.807) is 18.3 Å². The summed E-state index contributed by atoms with van der Waals surface area (Å²) in [5.74, 6) is -0.456. The number of nitrogen functional groups attached to an aromatic ring is 1. The Labute approximate surface area is 117 Å². The molecule has 100 valence electrons. The highest BCUT2D eigenvalue weighted by Crippen LogP contribution is 2.18. The molecule has 5 nitrogen and oxygen atoms in total. The second kappa shape index (κ2) is 5.83. The van der Waals surface area contributed by atoms with Crippen molar-refractivity contribution in [3.63, 3.8) is 0 Å². The van der Waals surface area contributed by atoms with E-state index in [1.165, 1.54) is 16.8 Å². The van der Waals surface area contributed by atoms with Gasteiger partial charge in [-0.05, 0) is 18.2 Å². The molecule has 7 heteroatoms. The third-order valence-electron chi connectivity index (χ3n) is 2.36. The molecule has 2 N–H and O–H groups in total. The molecule has 0 unspecified atom stereocenters. The number of carbonyl (C=O) groups is 1. The van der Waals surface area contributed by atoms with Gasteiger partial charge in [0.2, 0.25) is 0 Å². The van der Waals surface area contributed by atoms with Crippen LogP contribution in [0.4, 0.5) is 10.2 Å². The normalized spacial score (nSPS) is 10.4. The molecule has 0 amide bonds. The SMILES string of the molecule is Nc1ccn(CC(=O)OCc2ccc(F)cc2Br)n1. The van der Waals surface area contributed by atoms with Gasteiger partial charge in [0.05, 0.1) is 0 Å². The van der Waals surface area contributed by atoms with Gasteiger partial charge in [0.15, 0.2) is 0 Å². The monoisotopic (exact) mass is 327 g/mol. The molecule has 0 spiro atoms. The molecular weight excluding hydrogens is 317 g/mol. The molecule has 2 aromatic rings. The Morgan fingerprint density at radius 2 is 2.26 bits per heavy atom. The second-order valence-electron chi connectivity index (χ2n) is 3.83. The molecule has 0 bridgehead atoms. The van der Waals surface area contributed by atoms with E-state index < -0.39 is 5.97 Å². The van der Waals surface area contributed by atoms with Crippen LogP contribution in [0.5, 0.6) is 0 Å². The van der Waals surface area contributed by atoms with Crippen LogP contribution in [0.2, 0.25) is 0 Å².